The maximum atomic E-state index is 12.3. The molecule has 136 valence electrons. The molecule has 2 N–H and O–H groups in total. The molecule has 0 saturated carbocycles. The van der Waals surface area contributed by atoms with E-state index in [1.54, 1.807) is 21.1 Å². The van der Waals surface area contributed by atoms with Crippen LogP contribution in [0.4, 0.5) is 5.69 Å². The van der Waals surface area contributed by atoms with Gasteiger partial charge >= 0.3 is 0 Å². The zero-order valence-corrected chi connectivity index (χ0v) is 15.4. The van der Waals surface area contributed by atoms with Crippen molar-refractivity contribution in [1.82, 2.24) is 9.80 Å². The molecule has 1 aliphatic rings. The molecule has 7 nitrogen and oxygen atoms in total. The Balaban J connectivity index is 0.00000151. The summed E-state index contributed by atoms with van der Waals surface area (Å²) in [6, 6.07) is 6.22. The molecule has 2 unspecified atom stereocenters. The van der Waals surface area contributed by atoms with Crippen LogP contribution in [0.25, 0.3) is 0 Å². The van der Waals surface area contributed by atoms with Crippen molar-refractivity contribution in [2.45, 2.75) is 26.3 Å². The molecule has 1 aromatic rings. The van der Waals surface area contributed by atoms with Gasteiger partial charge < -0.3 is 15.3 Å². The van der Waals surface area contributed by atoms with E-state index in [0.717, 1.165) is 0 Å². The van der Waals surface area contributed by atoms with E-state index in [4.69, 9.17) is 5.26 Å². The van der Waals surface area contributed by atoms with Gasteiger partial charge in [0.15, 0.2) is 0 Å². The molecule has 0 aliphatic carbocycles. The van der Waals surface area contributed by atoms with Gasteiger partial charge in [0.2, 0.25) is 5.91 Å². The van der Waals surface area contributed by atoms with E-state index < -0.39 is 0 Å². The lowest BCUT2D eigenvalue weighted by molar-refractivity contribution is -0.119. The van der Waals surface area contributed by atoms with Crippen molar-refractivity contribution < 1.29 is 14.7 Å². The highest BCUT2D eigenvalue weighted by molar-refractivity contribution is 5.98. The summed E-state index contributed by atoms with van der Waals surface area (Å²) in [5, 5.41) is 21.6. The molecule has 7 heteroatoms. The fourth-order valence-electron chi connectivity index (χ4n) is 2.60. The molecule has 0 bridgehead atoms. The van der Waals surface area contributed by atoms with Crippen LogP contribution >= 0.6 is 0 Å². The zero-order chi connectivity index (χ0) is 19.1. The third-order valence-corrected chi connectivity index (χ3v) is 3.98. The van der Waals surface area contributed by atoms with E-state index in [9.17, 15) is 14.7 Å². The number of nitrogens with zero attached hydrogens (tertiary/aromatic N) is 3. The van der Waals surface area contributed by atoms with E-state index in [1.165, 1.54) is 23.1 Å². The average Bonchev–Trinajstić information content (AvgIpc) is 2.99. The third kappa shape index (κ3) is 4.94. The number of nitriles is 1. The highest BCUT2D eigenvalue weighted by Gasteiger charge is 2.34. The SMILES string of the molecule is CC.CN(C)C(=O)c1ccc(O)c(NC(=O)C2CC(C#N)N(C)C2)c1. The summed E-state index contributed by atoms with van der Waals surface area (Å²) in [5.74, 6) is -0.904. The van der Waals surface area contributed by atoms with Gasteiger partial charge in [0, 0.05) is 26.2 Å². The Bertz CT molecular complexity index is 667. The van der Waals surface area contributed by atoms with Gasteiger partial charge in [-0.15, -0.1) is 0 Å². The summed E-state index contributed by atoms with van der Waals surface area (Å²) >= 11 is 0. The Morgan fingerprint density at radius 3 is 2.52 bits per heavy atom. The standard InChI is InChI=1S/C16H20N4O3.C2H6/c1-19(2)16(23)10-4-5-14(21)13(7-10)18-15(22)11-6-12(8-17)20(3)9-11;1-2/h4-5,7,11-12,21H,6,9H2,1-3H3,(H,18,22);1-2H3. The number of nitrogens with one attached hydrogen (secondary N) is 1. The summed E-state index contributed by atoms with van der Waals surface area (Å²) in [7, 11) is 5.06. The first-order valence-electron chi connectivity index (χ1n) is 8.29. The van der Waals surface area contributed by atoms with Gasteiger partial charge in [0.25, 0.3) is 5.91 Å². The molecule has 0 spiro atoms. The quantitative estimate of drug-likeness (QED) is 0.815. The Kier molecular flexibility index (Phi) is 7.40. The van der Waals surface area contributed by atoms with Crippen LogP contribution in [0.1, 0.15) is 30.6 Å². The van der Waals surface area contributed by atoms with Crippen molar-refractivity contribution >= 4 is 17.5 Å². The fourth-order valence-corrected chi connectivity index (χ4v) is 2.60. The number of anilines is 1. The maximum absolute atomic E-state index is 12.3. The summed E-state index contributed by atoms with van der Waals surface area (Å²) in [5.41, 5.74) is 0.576. The average molecular weight is 346 g/mol. The molecule has 1 aliphatic heterocycles. The minimum atomic E-state index is -0.322. The summed E-state index contributed by atoms with van der Waals surface area (Å²) in [6.45, 7) is 4.49. The second-order valence-electron chi connectivity index (χ2n) is 5.94. The molecule has 2 amide bonds. The number of phenols is 1. The number of likely N-dealkylation sites (tertiary alicyclic amines) is 1. The Labute approximate surface area is 148 Å². The smallest absolute Gasteiger partial charge is 0.253 e. The van der Waals surface area contributed by atoms with Gasteiger partial charge in [-0.2, -0.15) is 5.26 Å². The third-order valence-electron chi connectivity index (χ3n) is 3.98. The van der Waals surface area contributed by atoms with Crippen LogP contribution in [0.15, 0.2) is 18.2 Å². The predicted molar refractivity (Wildman–Crippen MR) is 96.2 cm³/mol. The monoisotopic (exact) mass is 346 g/mol. The molecule has 1 heterocycles. The molecule has 25 heavy (non-hydrogen) atoms. The van der Waals surface area contributed by atoms with Crippen LogP contribution in [0.3, 0.4) is 0 Å². The van der Waals surface area contributed by atoms with Gasteiger partial charge in [-0.25, -0.2) is 0 Å². The first-order chi connectivity index (χ1) is 11.8. The molecule has 2 atom stereocenters. The molecule has 1 fully saturated rings. The number of carbonyl (C=O) groups excluding carboxylic acids is 2. The minimum absolute atomic E-state index is 0.100. The van der Waals surface area contributed by atoms with Crippen molar-refractivity contribution in [2.24, 2.45) is 5.92 Å². The van der Waals surface area contributed by atoms with Gasteiger partial charge in [0.1, 0.15) is 5.75 Å². The highest BCUT2D eigenvalue weighted by atomic mass is 16.3. The van der Waals surface area contributed by atoms with Crippen molar-refractivity contribution in [1.29, 1.82) is 5.26 Å². The van der Waals surface area contributed by atoms with Gasteiger partial charge in [0.05, 0.1) is 23.7 Å². The first-order valence-corrected chi connectivity index (χ1v) is 8.29. The number of phenolic OH excluding ortho intramolecular Hbond substituents is 1. The van der Waals surface area contributed by atoms with Gasteiger partial charge in [-0.1, -0.05) is 13.8 Å². The largest absolute Gasteiger partial charge is 0.506 e. The second-order valence-corrected chi connectivity index (χ2v) is 5.94. The number of hydrogen-bond acceptors (Lipinski definition) is 5. The van der Waals surface area contributed by atoms with E-state index in [1.807, 2.05) is 18.7 Å². The molecule has 1 aromatic carbocycles. The number of carbonyl (C=O) groups is 2. The van der Waals surface area contributed by atoms with Crippen molar-refractivity contribution in [3.05, 3.63) is 23.8 Å². The van der Waals surface area contributed by atoms with Crippen LogP contribution < -0.4 is 5.32 Å². The van der Waals surface area contributed by atoms with Crippen LogP contribution in [-0.4, -0.2) is 60.5 Å². The number of amides is 2. The number of benzene rings is 1. The van der Waals surface area contributed by atoms with Crippen LogP contribution in [0, 0.1) is 17.2 Å². The van der Waals surface area contributed by atoms with Gasteiger partial charge in [-0.3, -0.25) is 14.5 Å². The maximum Gasteiger partial charge on any atom is 0.253 e. The van der Waals surface area contributed by atoms with Crippen LogP contribution in [0.2, 0.25) is 0 Å². The molecule has 2 rings (SSSR count). The summed E-state index contributed by atoms with van der Waals surface area (Å²) < 4.78 is 0. The predicted octanol–water partition coefficient (Wildman–Crippen LogP) is 1.90. The van der Waals surface area contributed by atoms with E-state index in [0.29, 0.717) is 18.5 Å². The second kappa shape index (κ2) is 9.04. The molecular weight excluding hydrogens is 320 g/mol. The lowest BCUT2D eigenvalue weighted by atomic mass is 10.0. The van der Waals surface area contributed by atoms with Crippen LogP contribution in [0.5, 0.6) is 5.75 Å². The lowest BCUT2D eigenvalue weighted by Crippen LogP contribution is -2.26. The fraction of sp³-hybridized carbons (Fsp3) is 0.500. The zero-order valence-electron chi connectivity index (χ0n) is 15.4. The van der Waals surface area contributed by atoms with E-state index in [-0.39, 0.29) is 35.2 Å². The lowest BCUT2D eigenvalue weighted by Gasteiger charge is -2.14. The molecule has 1 saturated heterocycles. The molecular formula is C18H26N4O3. The van der Waals surface area contributed by atoms with Crippen molar-refractivity contribution in [3.63, 3.8) is 0 Å². The summed E-state index contributed by atoms with van der Waals surface area (Å²) in [4.78, 5) is 27.5. The summed E-state index contributed by atoms with van der Waals surface area (Å²) in [6.07, 6.45) is 0.454. The van der Waals surface area contributed by atoms with E-state index >= 15 is 0 Å². The minimum Gasteiger partial charge on any atom is -0.506 e. The van der Waals surface area contributed by atoms with Gasteiger partial charge in [-0.05, 0) is 31.7 Å². The Morgan fingerprint density at radius 1 is 1.36 bits per heavy atom. The normalized spacial score (nSPS) is 19.4. The number of hydrogen-bond donors (Lipinski definition) is 2. The van der Waals surface area contributed by atoms with Crippen molar-refractivity contribution in [3.8, 4) is 11.8 Å². The molecule has 0 radical (unpaired) electrons. The highest BCUT2D eigenvalue weighted by Crippen LogP contribution is 2.27. The van der Waals surface area contributed by atoms with Crippen LogP contribution in [-0.2, 0) is 4.79 Å². The van der Waals surface area contributed by atoms with Crippen molar-refractivity contribution in [2.75, 3.05) is 33.0 Å². The Hall–Kier alpha value is -2.59. The first kappa shape index (κ1) is 20.5. The van der Waals surface area contributed by atoms with E-state index in [2.05, 4.69) is 11.4 Å². The number of aromatic hydroxyl groups is 1. The Morgan fingerprint density at radius 2 is 2.00 bits per heavy atom. The topological polar surface area (TPSA) is 96.7 Å². The number of rotatable bonds is 3. The molecule has 0 aromatic heterocycles.